The summed E-state index contributed by atoms with van der Waals surface area (Å²) in [5, 5.41) is 38.2. The van der Waals surface area contributed by atoms with Gasteiger partial charge in [0.15, 0.2) is 11.5 Å². The maximum absolute atomic E-state index is 12.8. The highest BCUT2D eigenvalue weighted by Gasteiger charge is 2.19. The van der Waals surface area contributed by atoms with Crippen LogP contribution in [0.5, 0.6) is 17.2 Å². The fourth-order valence-electron chi connectivity index (χ4n) is 4.20. The van der Waals surface area contributed by atoms with Gasteiger partial charge in [-0.3, -0.25) is 19.2 Å². The van der Waals surface area contributed by atoms with E-state index in [9.17, 15) is 34.5 Å². The molecular weight excluding hydrogens is 546 g/mol. The molecule has 1 aromatic carbocycles. The Labute approximate surface area is 241 Å². The molecule has 0 fully saturated rings. The van der Waals surface area contributed by atoms with Gasteiger partial charge < -0.3 is 45.1 Å². The predicted molar refractivity (Wildman–Crippen MR) is 156 cm³/mol. The van der Waals surface area contributed by atoms with Crippen LogP contribution in [0.1, 0.15) is 37.7 Å². The first-order valence-electron chi connectivity index (χ1n) is 13.1. The molecule has 13 heteroatoms. The maximum Gasteiger partial charge on any atom is 0.294 e. The summed E-state index contributed by atoms with van der Waals surface area (Å²) in [6.07, 6.45) is 0. The molecule has 3 aromatic rings. The zero-order chi connectivity index (χ0) is 31.0. The van der Waals surface area contributed by atoms with Gasteiger partial charge >= 0.3 is 0 Å². The van der Waals surface area contributed by atoms with Gasteiger partial charge in [0.1, 0.15) is 11.5 Å². The van der Waals surface area contributed by atoms with Crippen molar-refractivity contribution < 1.29 is 29.6 Å². The largest absolute Gasteiger partial charge is 0.511 e. The fraction of sp³-hybridized carbons (Fsp3) is 0.310. The Morgan fingerprint density at radius 1 is 0.833 bits per heavy atom. The van der Waals surface area contributed by atoms with Crippen LogP contribution in [0.4, 0.5) is 0 Å². The van der Waals surface area contributed by atoms with Gasteiger partial charge in [-0.1, -0.05) is 18.7 Å². The average molecular weight is 582 g/mol. The van der Waals surface area contributed by atoms with E-state index in [0.717, 1.165) is 10.1 Å². The van der Waals surface area contributed by atoms with Crippen molar-refractivity contribution in [1.29, 1.82) is 0 Å². The SMILES string of the molecule is C=C(O)Cn1c(C)cc(C(=O)NCCNCCNC(=O)c2cc(C)n(Cc3ccc(OC)cc3)c(=O)c2O)c(O)c1=O. The number of carbonyl (C=O) groups excluding carboxylic acids is 2. The van der Waals surface area contributed by atoms with Crippen molar-refractivity contribution in [1.82, 2.24) is 25.1 Å². The fourth-order valence-corrected chi connectivity index (χ4v) is 4.20. The molecule has 0 bridgehead atoms. The van der Waals surface area contributed by atoms with Crippen LogP contribution in [0.3, 0.4) is 0 Å². The van der Waals surface area contributed by atoms with Gasteiger partial charge in [0, 0.05) is 37.6 Å². The molecule has 2 amide bonds. The Morgan fingerprint density at radius 3 is 1.79 bits per heavy atom. The Kier molecular flexibility index (Phi) is 10.5. The summed E-state index contributed by atoms with van der Waals surface area (Å²) < 4.78 is 7.61. The molecule has 2 aromatic heterocycles. The highest BCUT2D eigenvalue weighted by molar-refractivity contribution is 5.97. The number of methoxy groups -OCH3 is 1. The lowest BCUT2D eigenvalue weighted by Crippen LogP contribution is -2.37. The second-order valence-corrected chi connectivity index (χ2v) is 9.55. The number of aromatic hydroxyl groups is 2. The van der Waals surface area contributed by atoms with Crippen LogP contribution < -0.4 is 31.8 Å². The first-order chi connectivity index (χ1) is 19.9. The highest BCUT2D eigenvalue weighted by Crippen LogP contribution is 2.17. The monoisotopic (exact) mass is 581 g/mol. The minimum Gasteiger partial charge on any atom is -0.511 e. The summed E-state index contributed by atoms with van der Waals surface area (Å²) in [6, 6.07) is 9.94. The number of hydrogen-bond donors (Lipinski definition) is 6. The minimum absolute atomic E-state index is 0.129. The van der Waals surface area contributed by atoms with Gasteiger partial charge in [-0.2, -0.15) is 0 Å². The summed E-state index contributed by atoms with van der Waals surface area (Å²) >= 11 is 0. The van der Waals surface area contributed by atoms with Gasteiger partial charge in [0.2, 0.25) is 0 Å². The molecule has 0 aliphatic heterocycles. The molecule has 224 valence electrons. The molecule has 0 saturated carbocycles. The third-order valence-corrected chi connectivity index (χ3v) is 6.47. The summed E-state index contributed by atoms with van der Waals surface area (Å²) in [6.45, 7) is 7.54. The van der Waals surface area contributed by atoms with E-state index >= 15 is 0 Å². The van der Waals surface area contributed by atoms with E-state index in [2.05, 4.69) is 22.5 Å². The van der Waals surface area contributed by atoms with E-state index in [1.54, 1.807) is 33.1 Å². The van der Waals surface area contributed by atoms with E-state index in [-0.39, 0.29) is 43.1 Å². The number of pyridine rings is 2. The smallest absolute Gasteiger partial charge is 0.294 e. The Bertz CT molecular complexity index is 1590. The first-order valence-corrected chi connectivity index (χ1v) is 13.1. The molecule has 3 rings (SSSR count). The van der Waals surface area contributed by atoms with Crippen LogP contribution in [-0.2, 0) is 13.1 Å². The van der Waals surface area contributed by atoms with Gasteiger partial charge in [-0.15, -0.1) is 0 Å². The number of hydrogen-bond acceptors (Lipinski definition) is 9. The summed E-state index contributed by atoms with van der Waals surface area (Å²) in [5.41, 5.74) is -0.125. The lowest BCUT2D eigenvalue weighted by atomic mass is 10.1. The van der Waals surface area contributed by atoms with E-state index in [1.165, 1.54) is 16.7 Å². The standard InChI is InChI=1S/C29H35N5O8/c1-17-13-22(24(36)28(40)33(17)15-19(3)35)26(38)31-11-9-30-10-12-32-27(39)23-14-18(2)34(29(41)25(23)37)16-20-5-7-21(42-4)8-6-20/h5-8,13-14,30,35-37H,3,9-12,15-16H2,1-2,4H3,(H,31,38)(H,32,39). The van der Waals surface area contributed by atoms with E-state index in [1.807, 2.05) is 12.1 Å². The second-order valence-electron chi connectivity index (χ2n) is 9.55. The van der Waals surface area contributed by atoms with Gasteiger partial charge in [0.25, 0.3) is 22.9 Å². The molecule has 0 spiro atoms. The van der Waals surface area contributed by atoms with Crippen LogP contribution in [-0.4, -0.2) is 69.6 Å². The molecule has 6 N–H and O–H groups in total. The third kappa shape index (κ3) is 7.57. The van der Waals surface area contributed by atoms with E-state index < -0.39 is 34.4 Å². The molecule has 42 heavy (non-hydrogen) atoms. The quantitative estimate of drug-likeness (QED) is 0.126. The number of aryl methyl sites for hydroxylation is 2. The number of aliphatic hydroxyl groups excluding tert-OH is 1. The van der Waals surface area contributed by atoms with Crippen LogP contribution in [0.2, 0.25) is 0 Å². The van der Waals surface area contributed by atoms with E-state index in [4.69, 9.17) is 4.74 Å². The average Bonchev–Trinajstić information content (AvgIpc) is 2.96. The Morgan fingerprint density at radius 2 is 1.31 bits per heavy atom. The number of nitrogens with zero attached hydrogens (tertiary/aromatic N) is 2. The van der Waals surface area contributed by atoms with Gasteiger partial charge in [0.05, 0.1) is 31.3 Å². The number of carbonyl (C=O) groups is 2. The summed E-state index contributed by atoms with van der Waals surface area (Å²) in [4.78, 5) is 50.2. The normalized spacial score (nSPS) is 10.7. The number of rotatable bonds is 13. The van der Waals surface area contributed by atoms with E-state index in [0.29, 0.717) is 30.2 Å². The number of benzene rings is 1. The molecule has 0 aliphatic rings. The van der Waals surface area contributed by atoms with Crippen LogP contribution >= 0.6 is 0 Å². The zero-order valence-electron chi connectivity index (χ0n) is 23.7. The molecule has 13 nitrogen and oxygen atoms in total. The van der Waals surface area contributed by atoms with Crippen LogP contribution in [0.15, 0.2) is 58.3 Å². The number of aromatic nitrogens is 2. The van der Waals surface area contributed by atoms with Crippen molar-refractivity contribution in [2.24, 2.45) is 0 Å². The topological polar surface area (TPSA) is 184 Å². The van der Waals surface area contributed by atoms with Crippen molar-refractivity contribution in [3.8, 4) is 17.2 Å². The van der Waals surface area contributed by atoms with Crippen molar-refractivity contribution in [3.05, 3.63) is 97.5 Å². The van der Waals surface area contributed by atoms with Crippen LogP contribution in [0.25, 0.3) is 0 Å². The lowest BCUT2D eigenvalue weighted by molar-refractivity contribution is 0.0944. The zero-order valence-corrected chi connectivity index (χ0v) is 23.7. The van der Waals surface area contributed by atoms with Gasteiger partial charge in [-0.25, -0.2) is 0 Å². The Hall–Kier alpha value is -5.04. The highest BCUT2D eigenvalue weighted by atomic mass is 16.5. The minimum atomic E-state index is -0.819. The number of allylic oxidation sites excluding steroid dienone is 1. The molecule has 0 radical (unpaired) electrons. The summed E-state index contributed by atoms with van der Waals surface area (Å²) in [7, 11) is 1.56. The molecular formula is C29H35N5O8. The molecule has 0 saturated heterocycles. The maximum atomic E-state index is 12.8. The third-order valence-electron chi connectivity index (χ3n) is 6.47. The lowest BCUT2D eigenvalue weighted by Gasteiger charge is -2.14. The van der Waals surface area contributed by atoms with Gasteiger partial charge in [-0.05, 0) is 43.7 Å². The first kappa shape index (κ1) is 31.5. The van der Waals surface area contributed by atoms with Crippen molar-refractivity contribution >= 4 is 11.8 Å². The molecule has 0 atom stereocenters. The molecule has 0 unspecified atom stereocenters. The second kappa shape index (κ2) is 14.0. The van der Waals surface area contributed by atoms with Crippen molar-refractivity contribution in [2.75, 3.05) is 33.3 Å². The molecule has 0 aliphatic carbocycles. The van der Waals surface area contributed by atoms with Crippen molar-refractivity contribution in [3.63, 3.8) is 0 Å². The number of nitrogens with one attached hydrogen (secondary N) is 3. The Balaban J connectivity index is 1.47. The predicted octanol–water partition coefficient (Wildman–Crippen LogP) is 0.916. The number of ether oxygens (including phenoxy) is 1. The molecule has 2 heterocycles. The number of aliphatic hydroxyl groups is 1. The van der Waals surface area contributed by atoms with Crippen LogP contribution in [0, 0.1) is 13.8 Å². The number of amides is 2. The summed E-state index contributed by atoms with van der Waals surface area (Å²) in [5.74, 6) is -2.22. The van der Waals surface area contributed by atoms with Crippen molar-refractivity contribution in [2.45, 2.75) is 26.9 Å².